The van der Waals surface area contributed by atoms with E-state index in [1.54, 1.807) is 0 Å². The minimum absolute atomic E-state index is 0.0273. The number of carbonyl (C=O) groups excluding carboxylic acids is 1. The molecule has 0 aromatic rings. The number of piperidine rings is 1. The quantitative estimate of drug-likeness (QED) is 0.849. The van der Waals surface area contributed by atoms with Gasteiger partial charge in [0, 0.05) is 25.6 Å². The number of rotatable bonds is 5. The summed E-state index contributed by atoms with van der Waals surface area (Å²) >= 11 is 0. The lowest BCUT2D eigenvalue weighted by Crippen LogP contribution is -2.52. The molecule has 1 heterocycles. The first-order valence-electron chi connectivity index (χ1n) is 7.08. The summed E-state index contributed by atoms with van der Waals surface area (Å²) in [5.74, 6) is -0.962. The molecule has 1 atom stereocenters. The fraction of sp³-hybridized carbons (Fsp3) is 0.846. The van der Waals surface area contributed by atoms with E-state index in [-0.39, 0.29) is 25.4 Å². The summed E-state index contributed by atoms with van der Waals surface area (Å²) in [5, 5.41) is 8.71. The Morgan fingerprint density at radius 3 is 2.52 bits per heavy atom. The number of nitrogens with zero attached hydrogens (tertiary/aromatic N) is 2. The van der Waals surface area contributed by atoms with Crippen LogP contribution >= 0.6 is 0 Å². The van der Waals surface area contributed by atoms with Crippen molar-refractivity contribution >= 4 is 12.0 Å². The number of urea groups is 1. The largest absolute Gasteiger partial charge is 0.481 e. The van der Waals surface area contributed by atoms with Crippen LogP contribution in [-0.4, -0.2) is 58.8 Å². The second kappa shape index (κ2) is 7.51. The molecule has 2 amide bonds. The average molecular weight is 310 g/mol. The first-order chi connectivity index (χ1) is 9.74. The van der Waals surface area contributed by atoms with Crippen molar-refractivity contribution in [3.63, 3.8) is 0 Å². The van der Waals surface area contributed by atoms with E-state index in [0.717, 1.165) is 17.7 Å². The molecular formula is C13H21F3N2O3. The molecule has 21 heavy (non-hydrogen) atoms. The molecule has 1 aliphatic rings. The summed E-state index contributed by atoms with van der Waals surface area (Å²) in [6, 6.07) is -0.936. The van der Waals surface area contributed by atoms with E-state index in [0.29, 0.717) is 13.0 Å². The van der Waals surface area contributed by atoms with Crippen LogP contribution in [0.25, 0.3) is 0 Å². The maximum atomic E-state index is 12.5. The van der Waals surface area contributed by atoms with Gasteiger partial charge in [-0.2, -0.15) is 13.2 Å². The van der Waals surface area contributed by atoms with E-state index in [9.17, 15) is 22.8 Å². The first-order valence-corrected chi connectivity index (χ1v) is 7.08. The van der Waals surface area contributed by atoms with Crippen LogP contribution in [0.15, 0.2) is 0 Å². The summed E-state index contributed by atoms with van der Waals surface area (Å²) in [4.78, 5) is 25.1. The van der Waals surface area contributed by atoms with Gasteiger partial charge in [0.1, 0.15) is 6.54 Å². The minimum atomic E-state index is -4.43. The number of halogens is 3. The second-order valence-corrected chi connectivity index (χ2v) is 5.19. The van der Waals surface area contributed by atoms with Crippen LogP contribution in [0.3, 0.4) is 0 Å². The number of amides is 2. The zero-order valence-corrected chi connectivity index (χ0v) is 12.0. The molecule has 8 heteroatoms. The first kappa shape index (κ1) is 17.6. The van der Waals surface area contributed by atoms with E-state index >= 15 is 0 Å². The van der Waals surface area contributed by atoms with Crippen molar-refractivity contribution in [2.24, 2.45) is 0 Å². The Bertz CT molecular complexity index is 374. The van der Waals surface area contributed by atoms with Gasteiger partial charge in [0.15, 0.2) is 0 Å². The molecule has 5 nitrogen and oxygen atoms in total. The molecule has 122 valence electrons. The van der Waals surface area contributed by atoms with Gasteiger partial charge in [-0.05, 0) is 32.6 Å². The Morgan fingerprint density at radius 2 is 2.00 bits per heavy atom. The topological polar surface area (TPSA) is 60.9 Å². The van der Waals surface area contributed by atoms with Crippen molar-refractivity contribution in [3.8, 4) is 0 Å². The van der Waals surface area contributed by atoms with Crippen LogP contribution in [0.5, 0.6) is 0 Å². The molecule has 1 fully saturated rings. The molecule has 1 rings (SSSR count). The van der Waals surface area contributed by atoms with Crippen molar-refractivity contribution in [1.29, 1.82) is 0 Å². The zero-order valence-electron chi connectivity index (χ0n) is 12.0. The maximum absolute atomic E-state index is 12.5. The molecule has 0 radical (unpaired) electrons. The molecule has 0 aromatic carbocycles. The molecular weight excluding hydrogens is 289 g/mol. The number of likely N-dealkylation sites (tertiary alicyclic amines) is 1. The van der Waals surface area contributed by atoms with Crippen LogP contribution < -0.4 is 0 Å². The molecule has 0 bridgehead atoms. The van der Waals surface area contributed by atoms with Gasteiger partial charge in [-0.15, -0.1) is 0 Å². The molecule has 0 aromatic heterocycles. The molecule has 1 aliphatic heterocycles. The Morgan fingerprint density at radius 1 is 1.33 bits per heavy atom. The SMILES string of the molecule is CCN(CC(F)(F)F)C(=O)N1CCCCC1CCC(=O)O. The van der Waals surface area contributed by atoms with Crippen molar-refractivity contribution in [2.75, 3.05) is 19.6 Å². The summed E-state index contributed by atoms with van der Waals surface area (Å²) in [5.41, 5.74) is 0. The van der Waals surface area contributed by atoms with Crippen molar-refractivity contribution in [1.82, 2.24) is 9.80 Å². The molecule has 0 aliphatic carbocycles. The van der Waals surface area contributed by atoms with Gasteiger partial charge in [0.2, 0.25) is 0 Å². The fourth-order valence-corrected chi connectivity index (χ4v) is 2.56. The van der Waals surface area contributed by atoms with Crippen LogP contribution in [-0.2, 0) is 4.79 Å². The third-order valence-electron chi connectivity index (χ3n) is 3.59. The number of alkyl halides is 3. The highest BCUT2D eigenvalue weighted by Gasteiger charge is 2.36. The Kier molecular flexibility index (Phi) is 6.29. The molecule has 1 N–H and O–H groups in total. The number of carboxylic acids is 1. The predicted molar refractivity (Wildman–Crippen MR) is 69.9 cm³/mol. The number of hydrogen-bond acceptors (Lipinski definition) is 2. The van der Waals surface area contributed by atoms with Gasteiger partial charge in [-0.1, -0.05) is 0 Å². The lowest BCUT2D eigenvalue weighted by atomic mass is 9.98. The number of hydrogen-bond donors (Lipinski definition) is 1. The van der Waals surface area contributed by atoms with Crippen molar-refractivity contribution in [2.45, 2.75) is 51.2 Å². The molecule has 0 saturated carbocycles. The summed E-state index contributed by atoms with van der Waals surface area (Å²) in [6.45, 7) is 0.586. The Labute approximate surface area is 121 Å². The van der Waals surface area contributed by atoms with E-state index in [2.05, 4.69) is 0 Å². The van der Waals surface area contributed by atoms with E-state index in [4.69, 9.17) is 5.11 Å². The fourth-order valence-electron chi connectivity index (χ4n) is 2.56. The summed E-state index contributed by atoms with van der Waals surface area (Å²) in [6.07, 6.45) is -2.00. The Hall–Kier alpha value is -1.47. The summed E-state index contributed by atoms with van der Waals surface area (Å²) < 4.78 is 37.4. The molecule has 1 unspecified atom stereocenters. The van der Waals surface area contributed by atoms with Gasteiger partial charge in [0.25, 0.3) is 0 Å². The smallest absolute Gasteiger partial charge is 0.406 e. The Balaban J connectivity index is 2.72. The van der Waals surface area contributed by atoms with Crippen molar-refractivity contribution in [3.05, 3.63) is 0 Å². The maximum Gasteiger partial charge on any atom is 0.406 e. The van der Waals surface area contributed by atoms with Gasteiger partial charge < -0.3 is 14.9 Å². The molecule has 1 saturated heterocycles. The highest BCUT2D eigenvalue weighted by Crippen LogP contribution is 2.24. The van der Waals surface area contributed by atoms with Gasteiger partial charge in [-0.25, -0.2) is 4.79 Å². The zero-order chi connectivity index (χ0) is 16.0. The van der Waals surface area contributed by atoms with E-state index in [1.807, 2.05) is 0 Å². The monoisotopic (exact) mass is 310 g/mol. The average Bonchev–Trinajstić information content (AvgIpc) is 2.41. The van der Waals surface area contributed by atoms with Crippen LogP contribution in [0, 0.1) is 0 Å². The number of aliphatic carboxylic acids is 1. The van der Waals surface area contributed by atoms with Crippen LogP contribution in [0.4, 0.5) is 18.0 Å². The third kappa shape index (κ3) is 5.81. The van der Waals surface area contributed by atoms with Gasteiger partial charge >= 0.3 is 18.2 Å². The minimum Gasteiger partial charge on any atom is -0.481 e. The van der Waals surface area contributed by atoms with E-state index < -0.39 is 24.7 Å². The van der Waals surface area contributed by atoms with Crippen LogP contribution in [0.1, 0.15) is 39.0 Å². The lowest BCUT2D eigenvalue weighted by molar-refractivity contribution is -0.141. The highest BCUT2D eigenvalue weighted by atomic mass is 19.4. The van der Waals surface area contributed by atoms with Crippen molar-refractivity contribution < 1.29 is 27.9 Å². The lowest BCUT2D eigenvalue weighted by Gasteiger charge is -2.39. The summed E-state index contributed by atoms with van der Waals surface area (Å²) in [7, 11) is 0. The van der Waals surface area contributed by atoms with E-state index in [1.165, 1.54) is 11.8 Å². The number of carboxylic acid groups (broad SMARTS) is 1. The van der Waals surface area contributed by atoms with Gasteiger partial charge in [0.05, 0.1) is 0 Å². The standard InChI is InChI=1S/C13H21F3N2O3/c1-2-17(9-13(14,15)16)12(21)18-8-4-3-5-10(18)6-7-11(19)20/h10H,2-9H2,1H3,(H,19,20). The third-order valence-corrected chi connectivity index (χ3v) is 3.59. The normalized spacial score (nSPS) is 19.4. The number of carbonyl (C=O) groups is 2. The second-order valence-electron chi connectivity index (χ2n) is 5.19. The molecule has 0 spiro atoms. The van der Waals surface area contributed by atoms with Crippen LogP contribution in [0.2, 0.25) is 0 Å². The predicted octanol–water partition coefficient (Wildman–Crippen LogP) is 2.71. The van der Waals surface area contributed by atoms with Gasteiger partial charge in [-0.3, -0.25) is 4.79 Å². The highest BCUT2D eigenvalue weighted by molar-refractivity contribution is 5.75.